The second kappa shape index (κ2) is 7.20. The highest BCUT2D eigenvalue weighted by Crippen LogP contribution is 2.12. The molecular formula is C14H18N2O4S. The monoisotopic (exact) mass is 310 g/mol. The fraction of sp³-hybridized carbons (Fsp3) is 0.429. The van der Waals surface area contributed by atoms with Gasteiger partial charge in [0, 0.05) is 13.6 Å². The van der Waals surface area contributed by atoms with Crippen molar-refractivity contribution < 1.29 is 17.9 Å². The van der Waals surface area contributed by atoms with E-state index in [2.05, 4.69) is 4.74 Å². The van der Waals surface area contributed by atoms with E-state index < -0.39 is 21.9 Å². The summed E-state index contributed by atoms with van der Waals surface area (Å²) in [6.45, 7) is 1.67. The molecule has 0 N–H and O–H groups in total. The second-order valence-electron chi connectivity index (χ2n) is 4.77. The number of ether oxygens (including phenoxy) is 1. The zero-order chi connectivity index (χ0) is 16.0. The lowest BCUT2D eigenvalue weighted by atomic mass is 10.2. The fourth-order valence-electron chi connectivity index (χ4n) is 1.77. The summed E-state index contributed by atoms with van der Waals surface area (Å²) in [5.41, 5.74) is 1.07. The summed E-state index contributed by atoms with van der Waals surface area (Å²) >= 11 is 0. The third-order valence-corrected chi connectivity index (χ3v) is 4.84. The predicted octanol–water partition coefficient (Wildman–Crippen LogP) is 1.13. The number of esters is 1. The van der Waals surface area contributed by atoms with Crippen molar-refractivity contribution in [1.82, 2.24) is 4.31 Å². The summed E-state index contributed by atoms with van der Waals surface area (Å²) in [5.74, 6) is -1.16. The maximum atomic E-state index is 12.2. The van der Waals surface area contributed by atoms with Crippen molar-refractivity contribution in [1.29, 1.82) is 5.26 Å². The van der Waals surface area contributed by atoms with Gasteiger partial charge >= 0.3 is 5.97 Å². The molecule has 0 aromatic heterocycles. The molecule has 6 nitrogen and oxygen atoms in total. The number of sulfonamides is 1. The minimum Gasteiger partial charge on any atom is -0.469 e. The van der Waals surface area contributed by atoms with Gasteiger partial charge < -0.3 is 4.74 Å². The van der Waals surface area contributed by atoms with Crippen LogP contribution in [0.2, 0.25) is 0 Å². The topological polar surface area (TPSA) is 87.5 Å². The van der Waals surface area contributed by atoms with Crippen LogP contribution in [-0.2, 0) is 25.3 Å². The van der Waals surface area contributed by atoms with Gasteiger partial charge in [0.2, 0.25) is 10.0 Å². The van der Waals surface area contributed by atoms with Gasteiger partial charge in [-0.05, 0) is 17.7 Å². The van der Waals surface area contributed by atoms with Gasteiger partial charge in [-0.15, -0.1) is 0 Å². The van der Waals surface area contributed by atoms with E-state index in [1.165, 1.54) is 14.2 Å². The highest BCUT2D eigenvalue weighted by Gasteiger charge is 2.23. The van der Waals surface area contributed by atoms with Gasteiger partial charge in [-0.3, -0.25) is 4.79 Å². The summed E-state index contributed by atoms with van der Waals surface area (Å²) in [5, 5.41) is 8.70. The van der Waals surface area contributed by atoms with Crippen LogP contribution < -0.4 is 0 Å². The van der Waals surface area contributed by atoms with Crippen molar-refractivity contribution in [3.8, 4) is 6.07 Å². The molecule has 0 fully saturated rings. The molecule has 0 amide bonds. The van der Waals surface area contributed by atoms with Crippen molar-refractivity contribution in [2.45, 2.75) is 12.7 Å². The Labute approximate surface area is 125 Å². The van der Waals surface area contributed by atoms with E-state index >= 15 is 0 Å². The molecule has 0 radical (unpaired) electrons. The van der Waals surface area contributed by atoms with Crippen LogP contribution >= 0.6 is 0 Å². The molecule has 1 aromatic carbocycles. The number of benzene rings is 1. The lowest BCUT2D eigenvalue weighted by Crippen LogP contribution is -2.34. The first kappa shape index (κ1) is 17.1. The van der Waals surface area contributed by atoms with Gasteiger partial charge in [-0.25, -0.2) is 12.7 Å². The average molecular weight is 310 g/mol. The Morgan fingerprint density at radius 1 is 1.38 bits per heavy atom. The standard InChI is InChI=1S/C14H18N2O4S/c1-11(14(17)20-3)9-16(2)21(18,19)10-13-6-4-12(8-15)5-7-13/h4-7,11H,9-10H2,1-3H3. The predicted molar refractivity (Wildman–Crippen MR) is 77.6 cm³/mol. The molecule has 7 heteroatoms. The Balaban J connectivity index is 2.76. The molecule has 0 heterocycles. The van der Waals surface area contributed by atoms with Crippen LogP contribution in [-0.4, -0.2) is 39.4 Å². The molecule has 1 atom stereocenters. The molecule has 21 heavy (non-hydrogen) atoms. The normalized spacial score (nSPS) is 12.7. The van der Waals surface area contributed by atoms with E-state index in [9.17, 15) is 13.2 Å². The first-order valence-electron chi connectivity index (χ1n) is 6.31. The SMILES string of the molecule is COC(=O)C(C)CN(C)S(=O)(=O)Cc1ccc(C#N)cc1. The first-order chi connectivity index (χ1) is 9.80. The van der Waals surface area contributed by atoms with Crippen molar-refractivity contribution in [3.63, 3.8) is 0 Å². The molecule has 0 aliphatic rings. The summed E-state index contributed by atoms with van der Waals surface area (Å²) in [6, 6.07) is 8.33. The number of carbonyl (C=O) groups is 1. The minimum atomic E-state index is -3.53. The van der Waals surface area contributed by atoms with Crippen LogP contribution in [0.15, 0.2) is 24.3 Å². The van der Waals surface area contributed by atoms with E-state index in [1.807, 2.05) is 6.07 Å². The summed E-state index contributed by atoms with van der Waals surface area (Å²) in [6.07, 6.45) is 0. The van der Waals surface area contributed by atoms with Gasteiger partial charge in [-0.2, -0.15) is 5.26 Å². The molecule has 1 unspecified atom stereocenters. The van der Waals surface area contributed by atoms with E-state index in [-0.39, 0.29) is 12.3 Å². The van der Waals surface area contributed by atoms with Crippen molar-refractivity contribution in [2.75, 3.05) is 20.7 Å². The van der Waals surface area contributed by atoms with Gasteiger partial charge in [0.25, 0.3) is 0 Å². The number of carbonyl (C=O) groups excluding carboxylic acids is 1. The van der Waals surface area contributed by atoms with Gasteiger partial charge in [0.15, 0.2) is 0 Å². The van der Waals surface area contributed by atoms with E-state index in [0.29, 0.717) is 11.1 Å². The zero-order valence-electron chi connectivity index (χ0n) is 12.2. The smallest absolute Gasteiger partial charge is 0.309 e. The number of nitriles is 1. The third-order valence-electron chi connectivity index (χ3n) is 3.04. The largest absolute Gasteiger partial charge is 0.469 e. The highest BCUT2D eigenvalue weighted by molar-refractivity contribution is 7.88. The molecule has 0 aliphatic heterocycles. The van der Waals surface area contributed by atoms with Gasteiger partial charge in [0.1, 0.15) is 0 Å². The molecule has 114 valence electrons. The number of methoxy groups -OCH3 is 1. The minimum absolute atomic E-state index is 0.0608. The molecule has 0 saturated heterocycles. The summed E-state index contributed by atoms with van der Waals surface area (Å²) in [7, 11) is -0.830. The highest BCUT2D eigenvalue weighted by atomic mass is 32.2. The lowest BCUT2D eigenvalue weighted by Gasteiger charge is -2.20. The molecule has 0 bridgehead atoms. The van der Waals surface area contributed by atoms with Gasteiger partial charge in [-0.1, -0.05) is 19.1 Å². The number of rotatable bonds is 6. The van der Waals surface area contributed by atoms with Crippen LogP contribution in [0, 0.1) is 17.2 Å². The van der Waals surface area contributed by atoms with Crippen LogP contribution in [0.25, 0.3) is 0 Å². The molecule has 1 rings (SSSR count). The van der Waals surface area contributed by atoms with Crippen LogP contribution in [0.3, 0.4) is 0 Å². The van der Waals surface area contributed by atoms with Gasteiger partial charge in [0.05, 0.1) is 30.4 Å². The molecule has 0 saturated carbocycles. The van der Waals surface area contributed by atoms with Crippen LogP contribution in [0.1, 0.15) is 18.1 Å². The Morgan fingerprint density at radius 2 is 1.95 bits per heavy atom. The lowest BCUT2D eigenvalue weighted by molar-refractivity contribution is -0.144. The fourth-order valence-corrected chi connectivity index (χ4v) is 3.06. The van der Waals surface area contributed by atoms with Crippen LogP contribution in [0.4, 0.5) is 0 Å². The quantitative estimate of drug-likeness (QED) is 0.735. The molecule has 0 spiro atoms. The third kappa shape index (κ3) is 4.85. The molecule has 0 aliphatic carbocycles. The summed E-state index contributed by atoms with van der Waals surface area (Å²) in [4.78, 5) is 11.3. The number of hydrogen-bond donors (Lipinski definition) is 0. The summed E-state index contributed by atoms with van der Waals surface area (Å²) < 4.78 is 30.1. The Bertz CT molecular complexity index is 632. The first-order valence-corrected chi connectivity index (χ1v) is 7.92. The maximum Gasteiger partial charge on any atom is 0.309 e. The van der Waals surface area contributed by atoms with Crippen molar-refractivity contribution in [3.05, 3.63) is 35.4 Å². The number of nitrogens with zero attached hydrogens (tertiary/aromatic N) is 2. The molecule has 1 aromatic rings. The average Bonchev–Trinajstić information content (AvgIpc) is 2.46. The Kier molecular flexibility index (Phi) is 5.88. The van der Waals surface area contributed by atoms with E-state index in [4.69, 9.17) is 5.26 Å². The van der Waals surface area contributed by atoms with Crippen LogP contribution in [0.5, 0.6) is 0 Å². The zero-order valence-corrected chi connectivity index (χ0v) is 13.1. The van der Waals surface area contributed by atoms with E-state index in [0.717, 1.165) is 4.31 Å². The number of hydrogen-bond acceptors (Lipinski definition) is 5. The second-order valence-corrected chi connectivity index (χ2v) is 6.85. The van der Waals surface area contributed by atoms with Crippen molar-refractivity contribution >= 4 is 16.0 Å². The Hall–Kier alpha value is -1.91. The maximum absolute atomic E-state index is 12.2. The van der Waals surface area contributed by atoms with Crippen molar-refractivity contribution in [2.24, 2.45) is 5.92 Å². The van der Waals surface area contributed by atoms with E-state index in [1.54, 1.807) is 31.2 Å². The Morgan fingerprint density at radius 3 is 2.43 bits per heavy atom. The molecular weight excluding hydrogens is 292 g/mol.